The highest BCUT2D eigenvalue weighted by Crippen LogP contribution is 2.46. The molecule has 26 heavy (non-hydrogen) atoms. The number of hydrogen-bond acceptors (Lipinski definition) is 4. The van der Waals surface area contributed by atoms with Crippen LogP contribution < -0.4 is 15.0 Å². The van der Waals surface area contributed by atoms with Crippen LogP contribution >= 0.6 is 35.2 Å². The van der Waals surface area contributed by atoms with Crippen molar-refractivity contribution in [3.05, 3.63) is 75.7 Å². The fourth-order valence-electron chi connectivity index (χ4n) is 3.22. The Morgan fingerprint density at radius 1 is 1.15 bits per heavy atom. The van der Waals surface area contributed by atoms with Gasteiger partial charge in [-0.3, -0.25) is 4.98 Å². The zero-order valence-corrected chi connectivity index (χ0v) is 16.3. The molecule has 3 heterocycles. The topological polar surface area (TPSA) is 37.4 Å². The van der Waals surface area contributed by atoms with Crippen LogP contribution in [-0.4, -0.2) is 17.2 Å². The second-order valence-electron chi connectivity index (χ2n) is 5.81. The molecule has 0 unspecified atom stereocenters. The average Bonchev–Trinajstić information content (AvgIpc) is 3.25. The first-order valence-electron chi connectivity index (χ1n) is 8.08. The quantitative estimate of drug-likeness (QED) is 0.624. The Balaban J connectivity index is 1.85. The van der Waals surface area contributed by atoms with Crippen molar-refractivity contribution in [1.82, 2.24) is 10.3 Å². The molecule has 1 aliphatic rings. The summed E-state index contributed by atoms with van der Waals surface area (Å²) < 4.78 is 6.32. The van der Waals surface area contributed by atoms with E-state index in [9.17, 15) is 0 Å². The molecule has 1 aromatic carbocycles. The Hall–Kier alpha value is -2.15. The molecule has 0 radical (unpaired) electrons. The smallest absolute Gasteiger partial charge is 0.174 e. The van der Waals surface area contributed by atoms with Crippen molar-refractivity contribution in [3.63, 3.8) is 0 Å². The van der Waals surface area contributed by atoms with Crippen LogP contribution in [0.1, 0.15) is 22.7 Å². The normalized spacial score (nSPS) is 19.5. The largest absolute Gasteiger partial charge is 0.495 e. The number of thiophene rings is 1. The van der Waals surface area contributed by atoms with E-state index in [-0.39, 0.29) is 12.1 Å². The number of thiocarbonyl (C=S) groups is 1. The maximum atomic E-state index is 6.23. The van der Waals surface area contributed by atoms with Crippen molar-refractivity contribution in [1.29, 1.82) is 0 Å². The van der Waals surface area contributed by atoms with Gasteiger partial charge in [0.05, 0.1) is 34.9 Å². The second kappa shape index (κ2) is 7.23. The first kappa shape index (κ1) is 17.3. The number of halogens is 1. The third-order valence-electron chi connectivity index (χ3n) is 4.33. The average molecular weight is 402 g/mol. The number of benzene rings is 1. The summed E-state index contributed by atoms with van der Waals surface area (Å²) in [6, 6.07) is 17.6. The zero-order valence-electron chi connectivity index (χ0n) is 13.9. The van der Waals surface area contributed by atoms with Gasteiger partial charge in [-0.05, 0) is 48.6 Å². The van der Waals surface area contributed by atoms with Crippen LogP contribution in [0.15, 0.2) is 60.8 Å². The van der Waals surface area contributed by atoms with Crippen molar-refractivity contribution in [2.45, 2.75) is 12.1 Å². The van der Waals surface area contributed by atoms with Gasteiger partial charge in [0, 0.05) is 11.1 Å². The molecular formula is C19H16ClN3OS2. The summed E-state index contributed by atoms with van der Waals surface area (Å²) >= 11 is 13.5. The highest BCUT2D eigenvalue weighted by Gasteiger charge is 2.42. The second-order valence-corrected chi connectivity index (χ2v) is 7.94. The molecule has 3 aromatic rings. The number of anilines is 1. The lowest BCUT2D eigenvalue weighted by Crippen LogP contribution is -2.29. The van der Waals surface area contributed by atoms with Crippen LogP contribution in [0, 0.1) is 0 Å². The molecule has 1 N–H and O–H groups in total. The molecule has 132 valence electrons. The van der Waals surface area contributed by atoms with Gasteiger partial charge < -0.3 is 15.0 Å². The van der Waals surface area contributed by atoms with E-state index in [2.05, 4.69) is 15.2 Å². The van der Waals surface area contributed by atoms with E-state index in [0.29, 0.717) is 5.11 Å². The van der Waals surface area contributed by atoms with Gasteiger partial charge in [-0.25, -0.2) is 0 Å². The van der Waals surface area contributed by atoms with Crippen molar-refractivity contribution >= 4 is 46.0 Å². The summed E-state index contributed by atoms with van der Waals surface area (Å²) in [6.45, 7) is 0. The Morgan fingerprint density at radius 2 is 1.96 bits per heavy atom. The monoisotopic (exact) mass is 401 g/mol. The van der Waals surface area contributed by atoms with E-state index in [1.807, 2.05) is 54.6 Å². The van der Waals surface area contributed by atoms with E-state index >= 15 is 0 Å². The van der Waals surface area contributed by atoms with E-state index in [1.165, 1.54) is 0 Å². The van der Waals surface area contributed by atoms with Gasteiger partial charge in [0.25, 0.3) is 0 Å². The van der Waals surface area contributed by atoms with E-state index < -0.39 is 0 Å². The van der Waals surface area contributed by atoms with Crippen LogP contribution in [0.3, 0.4) is 0 Å². The molecule has 0 aliphatic carbocycles. The highest BCUT2D eigenvalue weighted by atomic mass is 35.5. The number of hydrogen-bond donors (Lipinski definition) is 1. The predicted octanol–water partition coefficient (Wildman–Crippen LogP) is 4.98. The maximum Gasteiger partial charge on any atom is 0.174 e. The third kappa shape index (κ3) is 3.05. The molecule has 4 nitrogen and oxygen atoms in total. The minimum absolute atomic E-state index is 0.0637. The summed E-state index contributed by atoms with van der Waals surface area (Å²) in [5.74, 6) is 0.769. The van der Waals surface area contributed by atoms with Gasteiger partial charge in [-0.1, -0.05) is 29.8 Å². The molecule has 1 fully saturated rings. The fourth-order valence-corrected chi connectivity index (χ4v) is 4.75. The molecule has 0 amide bonds. The standard InChI is InChI=1S/C19H16ClN3OS2/c1-24-14-8-3-2-7-13(14)23-18(15-9-10-16(20)26-15)17(22-19(23)25)12-6-4-5-11-21-12/h2-11,17-18H,1H3,(H,22,25)/t17-,18-/m0/s1. The number of para-hydroxylation sites is 2. The molecule has 1 saturated heterocycles. The number of ether oxygens (including phenoxy) is 1. The minimum Gasteiger partial charge on any atom is -0.495 e. The van der Waals surface area contributed by atoms with Gasteiger partial charge in [0.15, 0.2) is 5.11 Å². The number of methoxy groups -OCH3 is 1. The molecule has 0 spiro atoms. The van der Waals surface area contributed by atoms with Crippen LogP contribution in [0.4, 0.5) is 5.69 Å². The summed E-state index contributed by atoms with van der Waals surface area (Å²) in [4.78, 5) is 7.75. The van der Waals surface area contributed by atoms with Crippen LogP contribution in [0.2, 0.25) is 4.34 Å². The van der Waals surface area contributed by atoms with Gasteiger partial charge in [0.2, 0.25) is 0 Å². The SMILES string of the molecule is COc1ccccc1N1C(=S)N[C@@H](c2ccccn2)[C@@H]1c1ccc(Cl)s1. The molecule has 2 aromatic heterocycles. The Labute approximate surface area is 166 Å². The lowest BCUT2D eigenvalue weighted by Gasteiger charge is -2.28. The van der Waals surface area contributed by atoms with E-state index in [4.69, 9.17) is 28.6 Å². The molecular weight excluding hydrogens is 386 g/mol. The number of aromatic nitrogens is 1. The van der Waals surface area contributed by atoms with Gasteiger partial charge in [-0.2, -0.15) is 0 Å². The maximum absolute atomic E-state index is 6.23. The summed E-state index contributed by atoms with van der Waals surface area (Å²) in [6.07, 6.45) is 1.80. The Morgan fingerprint density at radius 3 is 2.65 bits per heavy atom. The molecule has 0 saturated carbocycles. The van der Waals surface area contributed by atoms with Crippen molar-refractivity contribution in [2.75, 3.05) is 12.0 Å². The zero-order chi connectivity index (χ0) is 18.1. The lowest BCUT2D eigenvalue weighted by atomic mass is 10.0. The lowest BCUT2D eigenvalue weighted by molar-refractivity contribution is 0.414. The van der Waals surface area contributed by atoms with Gasteiger partial charge in [0.1, 0.15) is 5.75 Å². The van der Waals surface area contributed by atoms with Gasteiger partial charge >= 0.3 is 0 Å². The van der Waals surface area contributed by atoms with Crippen LogP contribution in [-0.2, 0) is 0 Å². The summed E-state index contributed by atoms with van der Waals surface area (Å²) in [7, 11) is 1.67. The molecule has 7 heteroatoms. The first-order valence-corrected chi connectivity index (χ1v) is 9.68. The number of nitrogens with one attached hydrogen (secondary N) is 1. The third-order valence-corrected chi connectivity index (χ3v) is 5.94. The minimum atomic E-state index is -0.0803. The Bertz CT molecular complexity index is 931. The predicted molar refractivity (Wildman–Crippen MR) is 110 cm³/mol. The number of pyridine rings is 1. The van der Waals surface area contributed by atoms with Crippen LogP contribution in [0.25, 0.3) is 0 Å². The molecule has 1 aliphatic heterocycles. The summed E-state index contributed by atoms with van der Waals surface area (Å²) in [5.41, 5.74) is 1.85. The highest BCUT2D eigenvalue weighted by molar-refractivity contribution is 7.80. The first-order chi connectivity index (χ1) is 12.7. The molecule has 2 atom stereocenters. The van der Waals surface area contributed by atoms with Crippen molar-refractivity contribution in [2.24, 2.45) is 0 Å². The number of nitrogens with zero attached hydrogens (tertiary/aromatic N) is 2. The van der Waals surface area contributed by atoms with E-state index in [0.717, 1.165) is 26.3 Å². The summed E-state index contributed by atoms with van der Waals surface area (Å²) in [5, 5.41) is 4.07. The molecule has 0 bridgehead atoms. The number of rotatable bonds is 4. The van der Waals surface area contributed by atoms with Crippen molar-refractivity contribution in [3.8, 4) is 5.75 Å². The fraction of sp³-hybridized carbons (Fsp3) is 0.158. The van der Waals surface area contributed by atoms with Crippen molar-refractivity contribution < 1.29 is 4.74 Å². The molecule has 4 rings (SSSR count). The van der Waals surface area contributed by atoms with Crippen LogP contribution in [0.5, 0.6) is 5.75 Å². The van der Waals surface area contributed by atoms with Gasteiger partial charge in [-0.15, -0.1) is 11.3 Å². The van der Waals surface area contributed by atoms with E-state index in [1.54, 1.807) is 24.6 Å². The Kier molecular flexibility index (Phi) is 4.80.